The van der Waals surface area contributed by atoms with Gasteiger partial charge in [0.1, 0.15) is 6.54 Å². The Morgan fingerprint density at radius 2 is 1.24 bits per heavy atom. The van der Waals surface area contributed by atoms with Gasteiger partial charge in [0, 0.05) is 13.1 Å². The number of carboxylic acids is 4. The Labute approximate surface area is 141 Å². The van der Waals surface area contributed by atoms with E-state index in [4.69, 9.17) is 30.5 Å². The molecule has 0 aromatic rings. The van der Waals surface area contributed by atoms with Crippen LogP contribution in [0.25, 0.3) is 0 Å². The molecule has 0 aromatic heterocycles. The number of carboxylic acid groups (broad SMARTS) is 4. The lowest BCUT2D eigenvalue weighted by Gasteiger charge is -2.38. The fraction of sp³-hybridized carbons (Fsp3) is 0.667. The zero-order valence-electron chi connectivity index (χ0n) is 13.1. The van der Waals surface area contributed by atoms with Gasteiger partial charge in [-0.05, 0) is 0 Å². The third-order valence-electron chi connectivity index (χ3n) is 2.95. The first-order chi connectivity index (χ1) is 11.6. The van der Waals surface area contributed by atoms with E-state index < -0.39 is 62.0 Å². The van der Waals surface area contributed by atoms with Crippen molar-refractivity contribution >= 4 is 23.9 Å². The molecule has 0 unspecified atom stereocenters. The molecule has 6 N–H and O–H groups in total. The molecule has 0 rings (SSSR count). The highest BCUT2D eigenvalue weighted by Crippen LogP contribution is 2.26. The Hall–Kier alpha value is -2.32. The van der Waals surface area contributed by atoms with Crippen LogP contribution in [0.3, 0.4) is 0 Å². The van der Waals surface area contributed by atoms with Crippen LogP contribution in [0.1, 0.15) is 12.8 Å². The topological polar surface area (TPSA) is 205 Å². The minimum atomic E-state index is -2.74. The molecule has 0 aliphatic carbocycles. The molecule has 144 valence electrons. The van der Waals surface area contributed by atoms with E-state index in [9.17, 15) is 24.3 Å². The van der Waals surface area contributed by atoms with Gasteiger partial charge in [-0.1, -0.05) is 0 Å². The lowest BCUT2D eigenvalue weighted by atomic mass is 9.90. The molecule has 0 aliphatic rings. The summed E-state index contributed by atoms with van der Waals surface area (Å²) in [7, 11) is 0. The Bertz CT molecular complexity index is 473. The maximum atomic E-state index is 11.7. The zero-order chi connectivity index (χ0) is 19.6. The average Bonchev–Trinajstić information content (AvgIpc) is 2.44. The number of rotatable bonds is 14. The van der Waals surface area contributed by atoms with Crippen molar-refractivity contribution in [3.8, 4) is 0 Å². The zero-order valence-corrected chi connectivity index (χ0v) is 13.1. The van der Waals surface area contributed by atoms with Crippen LogP contribution in [-0.4, -0.2) is 103 Å². The van der Waals surface area contributed by atoms with Crippen LogP contribution in [0.15, 0.2) is 0 Å². The Morgan fingerprint density at radius 3 is 1.52 bits per heavy atom. The van der Waals surface area contributed by atoms with Gasteiger partial charge >= 0.3 is 23.9 Å². The number of carbonyl (C=O) groups is 4. The third kappa shape index (κ3) is 7.40. The van der Waals surface area contributed by atoms with Crippen molar-refractivity contribution in [3.05, 3.63) is 0 Å². The van der Waals surface area contributed by atoms with Crippen molar-refractivity contribution in [1.29, 1.82) is 0 Å². The largest absolute Gasteiger partial charge is 0.481 e. The van der Waals surface area contributed by atoms with E-state index in [1.807, 2.05) is 0 Å². The average molecular weight is 368 g/mol. The molecule has 0 aromatic carbocycles. The normalized spacial score (nSPS) is 11.7. The SMILES string of the molecule is O=C(O)CN(ON(CCO)CCO)C(CC(=O)O)(CC(=O)O)C(=O)O. The summed E-state index contributed by atoms with van der Waals surface area (Å²) in [4.78, 5) is 49.8. The highest BCUT2D eigenvalue weighted by Gasteiger charge is 2.51. The second-order valence-corrected chi connectivity index (χ2v) is 4.87. The van der Waals surface area contributed by atoms with Gasteiger partial charge in [0.15, 0.2) is 5.54 Å². The van der Waals surface area contributed by atoms with E-state index in [2.05, 4.69) is 0 Å². The molecule has 25 heavy (non-hydrogen) atoms. The van der Waals surface area contributed by atoms with Crippen molar-refractivity contribution < 1.29 is 54.8 Å². The molecule has 0 radical (unpaired) electrons. The fourth-order valence-electron chi connectivity index (χ4n) is 1.93. The molecular formula is C12H20N2O11. The molecule has 0 heterocycles. The smallest absolute Gasteiger partial charge is 0.327 e. The predicted molar refractivity (Wildman–Crippen MR) is 76.0 cm³/mol. The molecule has 0 saturated heterocycles. The molecule has 0 saturated carbocycles. The number of hydroxylamine groups is 4. The second-order valence-electron chi connectivity index (χ2n) is 4.87. The molecule has 0 atom stereocenters. The minimum absolute atomic E-state index is 0.200. The molecule has 0 bridgehead atoms. The number of aliphatic hydroxyl groups excluding tert-OH is 2. The van der Waals surface area contributed by atoms with Crippen molar-refractivity contribution in [2.45, 2.75) is 18.4 Å². The highest BCUT2D eigenvalue weighted by molar-refractivity contribution is 5.89. The van der Waals surface area contributed by atoms with Crippen LogP contribution >= 0.6 is 0 Å². The fourth-order valence-corrected chi connectivity index (χ4v) is 1.93. The van der Waals surface area contributed by atoms with Gasteiger partial charge in [-0.2, -0.15) is 5.06 Å². The van der Waals surface area contributed by atoms with Gasteiger partial charge in [0.25, 0.3) is 0 Å². The van der Waals surface area contributed by atoms with E-state index in [-0.39, 0.29) is 18.2 Å². The molecule has 0 spiro atoms. The third-order valence-corrected chi connectivity index (χ3v) is 2.95. The second kappa shape index (κ2) is 10.5. The van der Waals surface area contributed by atoms with Gasteiger partial charge in [0.2, 0.25) is 0 Å². The van der Waals surface area contributed by atoms with Crippen molar-refractivity contribution in [2.24, 2.45) is 0 Å². The summed E-state index contributed by atoms with van der Waals surface area (Å²) in [5.74, 6) is -6.93. The van der Waals surface area contributed by atoms with Crippen LogP contribution in [0.4, 0.5) is 0 Å². The van der Waals surface area contributed by atoms with Crippen LogP contribution in [-0.2, 0) is 24.1 Å². The van der Waals surface area contributed by atoms with E-state index in [0.717, 1.165) is 5.06 Å². The Morgan fingerprint density at radius 1 is 0.800 bits per heavy atom. The molecule has 13 heteroatoms. The van der Waals surface area contributed by atoms with Gasteiger partial charge in [-0.3, -0.25) is 19.2 Å². The number of aliphatic carboxylic acids is 4. The summed E-state index contributed by atoms with van der Waals surface area (Å²) >= 11 is 0. The molecule has 13 nitrogen and oxygen atoms in total. The van der Waals surface area contributed by atoms with Crippen molar-refractivity contribution in [3.63, 3.8) is 0 Å². The van der Waals surface area contributed by atoms with E-state index in [0.29, 0.717) is 0 Å². The minimum Gasteiger partial charge on any atom is -0.481 e. The lowest BCUT2D eigenvalue weighted by molar-refractivity contribution is -0.356. The van der Waals surface area contributed by atoms with Crippen LogP contribution in [0, 0.1) is 0 Å². The maximum Gasteiger partial charge on any atom is 0.327 e. The van der Waals surface area contributed by atoms with E-state index in [1.165, 1.54) is 0 Å². The van der Waals surface area contributed by atoms with Crippen LogP contribution < -0.4 is 0 Å². The molecule has 0 fully saturated rings. The molecule has 0 amide bonds. The lowest BCUT2D eigenvalue weighted by Crippen LogP contribution is -2.60. The first-order valence-corrected chi connectivity index (χ1v) is 6.90. The van der Waals surface area contributed by atoms with Gasteiger partial charge in [-0.15, -0.1) is 5.06 Å². The number of hydrogen-bond donors (Lipinski definition) is 6. The summed E-state index contributed by atoms with van der Waals surface area (Å²) in [5.41, 5.74) is -2.74. The van der Waals surface area contributed by atoms with E-state index >= 15 is 0 Å². The van der Waals surface area contributed by atoms with Gasteiger partial charge in [-0.25, -0.2) is 4.94 Å². The predicted octanol–water partition coefficient (Wildman–Crippen LogP) is -2.72. The summed E-state index contributed by atoms with van der Waals surface area (Å²) in [6, 6.07) is 0. The van der Waals surface area contributed by atoms with Crippen molar-refractivity contribution in [2.75, 3.05) is 32.8 Å². The number of aliphatic hydroxyl groups is 2. The Balaban J connectivity index is 5.94. The van der Waals surface area contributed by atoms with Gasteiger partial charge < -0.3 is 30.6 Å². The first-order valence-electron chi connectivity index (χ1n) is 6.90. The standard InChI is InChI=1S/C12H20N2O11/c15-3-1-13(2-4-16)25-14(7-10(21)22)12(11(23)24,5-8(17)18)6-9(19)20/h15-16H,1-7H2,(H,17,18)(H,19,20)(H,21,22)(H,23,24). The maximum absolute atomic E-state index is 11.7. The van der Waals surface area contributed by atoms with Crippen molar-refractivity contribution in [1.82, 2.24) is 10.1 Å². The van der Waals surface area contributed by atoms with E-state index in [1.54, 1.807) is 0 Å². The molecular weight excluding hydrogens is 348 g/mol. The molecule has 0 aliphatic heterocycles. The Kier molecular flexibility index (Phi) is 9.55. The first kappa shape index (κ1) is 22.7. The number of hydrogen-bond acceptors (Lipinski definition) is 9. The van der Waals surface area contributed by atoms with Crippen LogP contribution in [0.5, 0.6) is 0 Å². The monoisotopic (exact) mass is 368 g/mol. The quantitative estimate of drug-likeness (QED) is 0.173. The van der Waals surface area contributed by atoms with Crippen LogP contribution in [0.2, 0.25) is 0 Å². The van der Waals surface area contributed by atoms with Gasteiger partial charge in [0.05, 0.1) is 26.1 Å². The summed E-state index contributed by atoms with van der Waals surface area (Å²) < 4.78 is 0. The summed E-state index contributed by atoms with van der Waals surface area (Å²) in [6.45, 7) is -2.77. The number of nitrogens with zero attached hydrogens (tertiary/aromatic N) is 2. The summed E-state index contributed by atoms with van der Waals surface area (Å²) in [6.07, 6.45) is -2.54. The summed E-state index contributed by atoms with van der Waals surface area (Å²) in [5, 5.41) is 55.1. The highest BCUT2D eigenvalue weighted by atomic mass is 16.8.